The number of halogens is 2. The average molecular weight is 211 g/mol. The number of benzene rings is 1. The van der Waals surface area contributed by atoms with Gasteiger partial charge in [-0.2, -0.15) is 0 Å². The lowest BCUT2D eigenvalue weighted by molar-refractivity contribution is 0.250. The zero-order valence-corrected chi connectivity index (χ0v) is 8.76. The third-order valence-corrected chi connectivity index (χ3v) is 3.26. The van der Waals surface area contributed by atoms with Gasteiger partial charge in [-0.25, -0.2) is 8.78 Å². The second kappa shape index (κ2) is 4.27. The van der Waals surface area contributed by atoms with Crippen molar-refractivity contribution in [2.45, 2.75) is 18.8 Å². The van der Waals surface area contributed by atoms with Crippen LogP contribution < -0.4 is 5.32 Å². The van der Waals surface area contributed by atoms with Crippen LogP contribution in [0.1, 0.15) is 24.3 Å². The molecular formula is C12H15F2N. The molecule has 1 aromatic carbocycles. The fourth-order valence-corrected chi connectivity index (χ4v) is 2.26. The van der Waals surface area contributed by atoms with Crippen LogP contribution in [0.4, 0.5) is 8.78 Å². The molecule has 0 aromatic heterocycles. The van der Waals surface area contributed by atoms with E-state index in [0.29, 0.717) is 11.8 Å². The zero-order valence-electron chi connectivity index (χ0n) is 8.76. The van der Waals surface area contributed by atoms with Gasteiger partial charge in [0.25, 0.3) is 0 Å². The van der Waals surface area contributed by atoms with Crippen molar-refractivity contribution in [3.8, 4) is 0 Å². The fraction of sp³-hybridized carbons (Fsp3) is 0.500. The molecule has 1 fully saturated rings. The monoisotopic (exact) mass is 211 g/mol. The van der Waals surface area contributed by atoms with Crippen molar-refractivity contribution in [1.29, 1.82) is 0 Å². The molecule has 1 nitrogen and oxygen atoms in total. The van der Waals surface area contributed by atoms with Gasteiger partial charge >= 0.3 is 0 Å². The molecule has 0 amide bonds. The Bertz CT molecular complexity index is 351. The van der Waals surface area contributed by atoms with Crippen LogP contribution in [0, 0.1) is 17.6 Å². The van der Waals surface area contributed by atoms with Gasteiger partial charge in [0.05, 0.1) is 0 Å². The van der Waals surface area contributed by atoms with Gasteiger partial charge in [-0.1, -0.05) is 6.07 Å². The van der Waals surface area contributed by atoms with Crippen LogP contribution in [0.3, 0.4) is 0 Å². The van der Waals surface area contributed by atoms with E-state index in [2.05, 4.69) is 5.32 Å². The molecule has 1 saturated carbocycles. The molecule has 2 unspecified atom stereocenters. The minimum atomic E-state index is -0.761. The number of nitrogens with one attached hydrogen (secondary N) is 1. The molecule has 0 bridgehead atoms. The second-order valence-corrected chi connectivity index (χ2v) is 4.18. The van der Waals surface area contributed by atoms with Crippen molar-refractivity contribution < 1.29 is 8.78 Å². The SMILES string of the molecule is CNCC1CCC1c1ccc(F)c(F)c1. The molecule has 82 valence electrons. The first kappa shape index (κ1) is 10.6. The van der Waals surface area contributed by atoms with Gasteiger partial charge in [0.2, 0.25) is 0 Å². The van der Waals surface area contributed by atoms with Crippen LogP contribution in [-0.4, -0.2) is 13.6 Å². The highest BCUT2D eigenvalue weighted by Gasteiger charge is 2.31. The average Bonchev–Trinajstić information content (AvgIpc) is 2.18. The van der Waals surface area contributed by atoms with Crippen LogP contribution in [0.2, 0.25) is 0 Å². The normalized spacial score (nSPS) is 25.0. The van der Waals surface area contributed by atoms with Crippen molar-refractivity contribution in [3.05, 3.63) is 35.4 Å². The molecule has 0 radical (unpaired) electrons. The van der Waals surface area contributed by atoms with Gasteiger partial charge in [0, 0.05) is 0 Å². The molecule has 1 aliphatic rings. The van der Waals surface area contributed by atoms with Crippen molar-refractivity contribution in [2.24, 2.45) is 5.92 Å². The van der Waals surface area contributed by atoms with E-state index in [-0.39, 0.29) is 0 Å². The van der Waals surface area contributed by atoms with Crippen LogP contribution in [0.25, 0.3) is 0 Å². The highest BCUT2D eigenvalue weighted by molar-refractivity contribution is 5.24. The Morgan fingerprint density at radius 2 is 2.07 bits per heavy atom. The number of hydrogen-bond donors (Lipinski definition) is 1. The van der Waals surface area contributed by atoms with Crippen LogP contribution >= 0.6 is 0 Å². The van der Waals surface area contributed by atoms with E-state index in [1.165, 1.54) is 18.6 Å². The molecule has 0 saturated heterocycles. The Hall–Kier alpha value is -0.960. The largest absolute Gasteiger partial charge is 0.319 e. The molecular weight excluding hydrogens is 196 g/mol. The van der Waals surface area contributed by atoms with E-state index in [9.17, 15) is 8.78 Å². The van der Waals surface area contributed by atoms with E-state index >= 15 is 0 Å². The maximum Gasteiger partial charge on any atom is 0.159 e. The third kappa shape index (κ3) is 2.02. The van der Waals surface area contributed by atoms with E-state index in [1.54, 1.807) is 6.07 Å². The highest BCUT2D eigenvalue weighted by Crippen LogP contribution is 2.42. The maximum atomic E-state index is 13.0. The zero-order chi connectivity index (χ0) is 10.8. The summed E-state index contributed by atoms with van der Waals surface area (Å²) in [7, 11) is 1.92. The molecule has 2 rings (SSSR count). The van der Waals surface area contributed by atoms with Gasteiger partial charge in [-0.05, 0) is 56.0 Å². The maximum absolute atomic E-state index is 13.0. The Labute approximate surface area is 88.5 Å². The lowest BCUT2D eigenvalue weighted by Crippen LogP contribution is -2.32. The number of rotatable bonds is 3. The van der Waals surface area contributed by atoms with Gasteiger partial charge in [0.15, 0.2) is 11.6 Å². The predicted molar refractivity (Wildman–Crippen MR) is 55.7 cm³/mol. The Kier molecular flexibility index (Phi) is 3.00. The third-order valence-electron chi connectivity index (χ3n) is 3.26. The molecule has 2 atom stereocenters. The van der Waals surface area contributed by atoms with E-state index in [0.717, 1.165) is 18.5 Å². The minimum absolute atomic E-state index is 0.396. The lowest BCUT2D eigenvalue weighted by Gasteiger charge is -2.37. The summed E-state index contributed by atoms with van der Waals surface area (Å²) in [6.45, 7) is 0.948. The highest BCUT2D eigenvalue weighted by atomic mass is 19.2. The molecule has 1 aliphatic carbocycles. The standard InChI is InChI=1S/C12H15F2N/c1-15-7-9-2-4-10(9)8-3-5-11(13)12(14)6-8/h3,5-6,9-10,15H,2,4,7H2,1H3. The summed E-state index contributed by atoms with van der Waals surface area (Å²) in [4.78, 5) is 0. The molecule has 0 spiro atoms. The Balaban J connectivity index is 2.12. The Morgan fingerprint density at radius 3 is 2.60 bits per heavy atom. The van der Waals surface area contributed by atoms with Crippen LogP contribution in [0.5, 0.6) is 0 Å². The van der Waals surface area contributed by atoms with Gasteiger partial charge < -0.3 is 5.32 Å². The summed E-state index contributed by atoms with van der Waals surface area (Å²) in [5.74, 6) is -0.529. The molecule has 1 aromatic rings. The first-order chi connectivity index (χ1) is 7.22. The molecule has 1 N–H and O–H groups in total. The van der Waals surface area contributed by atoms with Crippen molar-refractivity contribution in [3.63, 3.8) is 0 Å². The lowest BCUT2D eigenvalue weighted by atomic mass is 9.70. The van der Waals surface area contributed by atoms with E-state index < -0.39 is 11.6 Å². The second-order valence-electron chi connectivity index (χ2n) is 4.18. The fourth-order valence-electron chi connectivity index (χ4n) is 2.26. The van der Waals surface area contributed by atoms with Crippen molar-refractivity contribution in [1.82, 2.24) is 5.32 Å². The van der Waals surface area contributed by atoms with E-state index in [1.807, 2.05) is 7.05 Å². The first-order valence-corrected chi connectivity index (χ1v) is 5.32. The first-order valence-electron chi connectivity index (χ1n) is 5.32. The van der Waals surface area contributed by atoms with Crippen LogP contribution in [0.15, 0.2) is 18.2 Å². The number of hydrogen-bond acceptors (Lipinski definition) is 1. The molecule has 15 heavy (non-hydrogen) atoms. The molecule has 3 heteroatoms. The summed E-state index contributed by atoms with van der Waals surface area (Å²) in [5.41, 5.74) is 0.931. The minimum Gasteiger partial charge on any atom is -0.319 e. The van der Waals surface area contributed by atoms with E-state index in [4.69, 9.17) is 0 Å². The van der Waals surface area contributed by atoms with Gasteiger partial charge in [0.1, 0.15) is 0 Å². The summed E-state index contributed by atoms with van der Waals surface area (Å²) in [6, 6.07) is 4.26. The van der Waals surface area contributed by atoms with Crippen molar-refractivity contribution in [2.75, 3.05) is 13.6 Å². The predicted octanol–water partition coefficient (Wildman–Crippen LogP) is 2.68. The van der Waals surface area contributed by atoms with Gasteiger partial charge in [-0.15, -0.1) is 0 Å². The van der Waals surface area contributed by atoms with Gasteiger partial charge in [-0.3, -0.25) is 0 Å². The van der Waals surface area contributed by atoms with Crippen molar-refractivity contribution >= 4 is 0 Å². The molecule has 0 aliphatic heterocycles. The smallest absolute Gasteiger partial charge is 0.159 e. The topological polar surface area (TPSA) is 12.0 Å². The summed E-state index contributed by atoms with van der Waals surface area (Å²) >= 11 is 0. The molecule has 0 heterocycles. The Morgan fingerprint density at radius 1 is 1.27 bits per heavy atom. The summed E-state index contributed by atoms with van der Waals surface area (Å²) in [6.07, 6.45) is 2.25. The summed E-state index contributed by atoms with van der Waals surface area (Å²) in [5, 5.41) is 3.13. The summed E-state index contributed by atoms with van der Waals surface area (Å²) < 4.78 is 25.8. The quantitative estimate of drug-likeness (QED) is 0.810. The van der Waals surface area contributed by atoms with Crippen LogP contribution in [-0.2, 0) is 0 Å².